The van der Waals surface area contributed by atoms with E-state index < -0.39 is 12.0 Å². The number of ketones is 1. The highest BCUT2D eigenvalue weighted by atomic mass is 16.4. The lowest BCUT2D eigenvalue weighted by Crippen LogP contribution is -2.32. The van der Waals surface area contributed by atoms with Crippen molar-refractivity contribution < 1.29 is 19.8 Å². The summed E-state index contributed by atoms with van der Waals surface area (Å²) in [5, 5.41) is 18.0. The molecule has 1 atom stereocenters. The summed E-state index contributed by atoms with van der Waals surface area (Å²) in [5.41, 5.74) is 6.15. The predicted molar refractivity (Wildman–Crippen MR) is 57.4 cm³/mol. The molecule has 5 nitrogen and oxygen atoms in total. The molecule has 0 aromatic heterocycles. The number of phenolic OH excluding ortho intramolecular Hbond substituents is 1. The Balaban J connectivity index is 2.95. The Morgan fingerprint density at radius 3 is 2.56 bits per heavy atom. The maximum Gasteiger partial charge on any atom is 0.320 e. The second-order valence-electron chi connectivity index (χ2n) is 3.56. The fraction of sp³-hybridized carbons (Fsp3) is 0.273. The molecule has 0 heterocycles. The molecule has 1 aromatic carbocycles. The van der Waals surface area contributed by atoms with Gasteiger partial charge in [0.15, 0.2) is 5.78 Å². The monoisotopic (exact) mass is 223 g/mol. The van der Waals surface area contributed by atoms with Gasteiger partial charge in [0, 0.05) is 0 Å². The van der Waals surface area contributed by atoms with Crippen LogP contribution in [0.15, 0.2) is 18.2 Å². The van der Waals surface area contributed by atoms with Gasteiger partial charge in [-0.25, -0.2) is 0 Å². The Kier molecular flexibility index (Phi) is 3.63. The molecule has 0 fully saturated rings. The Hall–Kier alpha value is -1.88. The smallest absolute Gasteiger partial charge is 0.320 e. The summed E-state index contributed by atoms with van der Waals surface area (Å²) in [6.45, 7) is 1.33. The van der Waals surface area contributed by atoms with E-state index in [0.717, 1.165) is 0 Å². The molecule has 0 aliphatic heterocycles. The van der Waals surface area contributed by atoms with E-state index in [1.807, 2.05) is 0 Å². The first-order valence-corrected chi connectivity index (χ1v) is 4.73. The van der Waals surface area contributed by atoms with Gasteiger partial charge in [-0.3, -0.25) is 9.59 Å². The van der Waals surface area contributed by atoms with Crippen LogP contribution in [0.3, 0.4) is 0 Å². The van der Waals surface area contributed by atoms with Crippen LogP contribution in [-0.4, -0.2) is 28.0 Å². The summed E-state index contributed by atoms with van der Waals surface area (Å²) < 4.78 is 0. The van der Waals surface area contributed by atoms with Crippen molar-refractivity contribution >= 4 is 11.8 Å². The molecule has 0 aliphatic rings. The zero-order valence-electron chi connectivity index (χ0n) is 8.80. The van der Waals surface area contributed by atoms with Gasteiger partial charge in [-0.2, -0.15) is 0 Å². The molecule has 0 bridgehead atoms. The van der Waals surface area contributed by atoms with Crippen LogP contribution in [0.5, 0.6) is 5.75 Å². The van der Waals surface area contributed by atoms with Gasteiger partial charge < -0.3 is 15.9 Å². The summed E-state index contributed by atoms with van der Waals surface area (Å²) >= 11 is 0. The largest absolute Gasteiger partial charge is 0.507 e. The lowest BCUT2D eigenvalue weighted by Gasteiger charge is -2.08. The van der Waals surface area contributed by atoms with Crippen molar-refractivity contribution in [1.29, 1.82) is 0 Å². The number of hydrogen-bond acceptors (Lipinski definition) is 4. The molecule has 0 saturated heterocycles. The van der Waals surface area contributed by atoms with Crippen LogP contribution in [0.25, 0.3) is 0 Å². The highest BCUT2D eigenvalue weighted by Gasteiger charge is 2.14. The molecule has 1 aromatic rings. The van der Waals surface area contributed by atoms with Crippen LogP contribution < -0.4 is 5.73 Å². The first-order valence-electron chi connectivity index (χ1n) is 4.73. The molecule has 5 heteroatoms. The number of benzene rings is 1. The standard InChI is InChI=1S/C11H13NO4/c1-6(13)8-4-7(2-3-10(8)14)5-9(12)11(15)16/h2-4,9,14H,5,12H2,1H3,(H,15,16). The van der Waals surface area contributed by atoms with Gasteiger partial charge in [0.1, 0.15) is 11.8 Å². The second-order valence-corrected chi connectivity index (χ2v) is 3.56. The van der Waals surface area contributed by atoms with Crippen LogP contribution in [0.2, 0.25) is 0 Å². The van der Waals surface area contributed by atoms with E-state index in [9.17, 15) is 14.7 Å². The third-order valence-corrected chi connectivity index (χ3v) is 2.21. The molecule has 1 unspecified atom stereocenters. The lowest BCUT2D eigenvalue weighted by atomic mass is 10.0. The normalized spacial score (nSPS) is 12.1. The number of Topliss-reactive ketones (excluding diaryl/α,β-unsaturated/α-hetero) is 1. The van der Waals surface area contributed by atoms with Crippen molar-refractivity contribution in [3.8, 4) is 5.75 Å². The summed E-state index contributed by atoms with van der Waals surface area (Å²) in [5.74, 6) is -1.49. The summed E-state index contributed by atoms with van der Waals surface area (Å²) in [6, 6.07) is 3.36. The molecule has 0 aliphatic carbocycles. The third kappa shape index (κ3) is 2.80. The molecule has 0 saturated carbocycles. The number of carboxylic acid groups (broad SMARTS) is 1. The van der Waals surface area contributed by atoms with E-state index in [4.69, 9.17) is 10.8 Å². The van der Waals surface area contributed by atoms with Crippen molar-refractivity contribution in [1.82, 2.24) is 0 Å². The number of hydrogen-bond donors (Lipinski definition) is 3. The number of rotatable bonds is 4. The number of carboxylic acids is 1. The van der Waals surface area contributed by atoms with Crippen molar-refractivity contribution in [3.63, 3.8) is 0 Å². The van der Waals surface area contributed by atoms with Crippen molar-refractivity contribution in [2.75, 3.05) is 0 Å². The SMILES string of the molecule is CC(=O)c1cc(CC(N)C(=O)O)ccc1O. The van der Waals surface area contributed by atoms with Crippen LogP contribution in [-0.2, 0) is 11.2 Å². The number of carbonyl (C=O) groups is 2. The molecule has 86 valence electrons. The topological polar surface area (TPSA) is 101 Å². The maximum atomic E-state index is 11.1. The number of carbonyl (C=O) groups excluding carboxylic acids is 1. The van der Waals surface area contributed by atoms with Crippen LogP contribution >= 0.6 is 0 Å². The third-order valence-electron chi connectivity index (χ3n) is 2.21. The molecule has 0 radical (unpaired) electrons. The van der Waals surface area contributed by atoms with E-state index in [2.05, 4.69) is 0 Å². The van der Waals surface area contributed by atoms with Gasteiger partial charge in [0.25, 0.3) is 0 Å². The lowest BCUT2D eigenvalue weighted by molar-refractivity contribution is -0.138. The minimum atomic E-state index is -1.10. The Labute approximate surface area is 92.5 Å². The summed E-state index contributed by atoms with van der Waals surface area (Å²) in [7, 11) is 0. The van der Waals surface area contributed by atoms with Gasteiger partial charge in [0.05, 0.1) is 5.56 Å². The number of nitrogens with two attached hydrogens (primary N) is 1. The van der Waals surface area contributed by atoms with E-state index in [1.165, 1.54) is 19.1 Å². The highest BCUT2D eigenvalue weighted by Crippen LogP contribution is 2.19. The van der Waals surface area contributed by atoms with Crippen molar-refractivity contribution in [3.05, 3.63) is 29.3 Å². The van der Waals surface area contributed by atoms with Crippen LogP contribution in [0, 0.1) is 0 Å². The number of phenols is 1. The van der Waals surface area contributed by atoms with Crippen LogP contribution in [0.1, 0.15) is 22.8 Å². The highest BCUT2D eigenvalue weighted by molar-refractivity contribution is 5.96. The van der Waals surface area contributed by atoms with E-state index in [0.29, 0.717) is 5.56 Å². The van der Waals surface area contributed by atoms with E-state index in [1.54, 1.807) is 6.07 Å². The average Bonchev–Trinajstić information content (AvgIpc) is 2.20. The fourth-order valence-corrected chi connectivity index (χ4v) is 1.33. The number of aromatic hydroxyl groups is 1. The van der Waals surface area contributed by atoms with Gasteiger partial charge in [-0.1, -0.05) is 6.07 Å². The molecule has 1 rings (SSSR count). The molecule has 0 amide bonds. The van der Waals surface area contributed by atoms with E-state index >= 15 is 0 Å². The predicted octanol–water partition coefficient (Wildman–Crippen LogP) is 0.549. The Morgan fingerprint density at radius 1 is 1.44 bits per heavy atom. The van der Waals surface area contributed by atoms with Gasteiger partial charge in [-0.15, -0.1) is 0 Å². The maximum absolute atomic E-state index is 11.1. The second kappa shape index (κ2) is 4.76. The molecular weight excluding hydrogens is 210 g/mol. The number of aliphatic carboxylic acids is 1. The van der Waals surface area contributed by atoms with Gasteiger partial charge >= 0.3 is 5.97 Å². The van der Waals surface area contributed by atoms with Gasteiger partial charge in [-0.05, 0) is 31.0 Å². The molecular formula is C11H13NO4. The Bertz CT molecular complexity index is 428. The summed E-state index contributed by atoms with van der Waals surface area (Å²) in [4.78, 5) is 21.7. The van der Waals surface area contributed by atoms with Crippen molar-refractivity contribution in [2.24, 2.45) is 5.73 Å². The zero-order chi connectivity index (χ0) is 12.3. The minimum absolute atomic E-state index is 0.111. The van der Waals surface area contributed by atoms with Crippen LogP contribution in [0.4, 0.5) is 0 Å². The molecule has 4 N–H and O–H groups in total. The van der Waals surface area contributed by atoms with Crippen molar-refractivity contribution in [2.45, 2.75) is 19.4 Å². The molecule has 0 spiro atoms. The summed E-state index contributed by atoms with van der Waals surface area (Å²) in [6.07, 6.45) is 0.121. The minimum Gasteiger partial charge on any atom is -0.507 e. The first kappa shape index (κ1) is 12.2. The Morgan fingerprint density at radius 2 is 2.06 bits per heavy atom. The first-order chi connectivity index (χ1) is 7.41. The van der Waals surface area contributed by atoms with Gasteiger partial charge in [0.2, 0.25) is 0 Å². The molecule has 16 heavy (non-hydrogen) atoms. The zero-order valence-corrected chi connectivity index (χ0v) is 8.80. The quantitative estimate of drug-likeness (QED) is 0.647. The average molecular weight is 223 g/mol. The fourth-order valence-electron chi connectivity index (χ4n) is 1.33. The van der Waals surface area contributed by atoms with E-state index in [-0.39, 0.29) is 23.5 Å².